The smallest absolute Gasteiger partial charge is 0.165 e. The highest BCUT2D eigenvalue weighted by Crippen LogP contribution is 2.31. The number of aryl methyl sites for hydroxylation is 1. The lowest BCUT2D eigenvalue weighted by Gasteiger charge is -2.14. The predicted octanol–water partition coefficient (Wildman–Crippen LogP) is 3.29. The van der Waals surface area contributed by atoms with Crippen molar-refractivity contribution < 1.29 is 9.13 Å². The summed E-state index contributed by atoms with van der Waals surface area (Å²) in [4.78, 5) is 2.40. The molecule has 0 saturated carbocycles. The molecule has 2 aromatic rings. The fourth-order valence-corrected chi connectivity index (χ4v) is 2.98. The van der Waals surface area contributed by atoms with Gasteiger partial charge >= 0.3 is 0 Å². The van der Waals surface area contributed by atoms with Crippen molar-refractivity contribution in [1.29, 1.82) is 0 Å². The molecular weight excluding hydrogens is 249 g/mol. The van der Waals surface area contributed by atoms with E-state index in [1.807, 2.05) is 6.07 Å². The van der Waals surface area contributed by atoms with E-state index in [-0.39, 0.29) is 17.5 Å². The average molecular weight is 265 g/mol. The Balaban J connectivity index is 2.36. The minimum absolute atomic E-state index is 0.0455. The van der Waals surface area contributed by atoms with Gasteiger partial charge in [-0.05, 0) is 36.8 Å². The molecule has 1 atom stereocenters. The number of nitrogens with two attached hydrogens (primary N) is 1. The van der Waals surface area contributed by atoms with Crippen molar-refractivity contribution in [2.45, 2.75) is 12.8 Å². The summed E-state index contributed by atoms with van der Waals surface area (Å²) < 4.78 is 18.6. The molecule has 1 heterocycles. The van der Waals surface area contributed by atoms with Crippen molar-refractivity contribution in [1.82, 2.24) is 0 Å². The number of benzene rings is 1. The molecule has 4 heteroatoms. The maximum absolute atomic E-state index is 13.7. The Morgan fingerprint density at radius 3 is 2.61 bits per heavy atom. The first kappa shape index (κ1) is 13.1. The first-order chi connectivity index (χ1) is 8.65. The second-order valence-electron chi connectivity index (χ2n) is 4.13. The predicted molar refractivity (Wildman–Crippen MR) is 72.9 cm³/mol. The number of hydrogen-bond donors (Lipinski definition) is 1. The van der Waals surface area contributed by atoms with Gasteiger partial charge in [0.15, 0.2) is 11.6 Å². The number of methoxy groups -OCH3 is 1. The van der Waals surface area contributed by atoms with Crippen LogP contribution >= 0.6 is 11.3 Å². The van der Waals surface area contributed by atoms with Crippen molar-refractivity contribution in [2.24, 2.45) is 5.73 Å². The summed E-state index contributed by atoms with van der Waals surface area (Å²) >= 11 is 1.70. The molecular formula is C14H16FNOS. The fourth-order valence-electron chi connectivity index (χ4n) is 1.96. The lowest BCUT2D eigenvalue weighted by molar-refractivity contribution is 0.386. The summed E-state index contributed by atoms with van der Waals surface area (Å²) in [6.45, 7) is 2.52. The Morgan fingerprint density at radius 2 is 2.11 bits per heavy atom. The van der Waals surface area contributed by atoms with Crippen LogP contribution in [0.3, 0.4) is 0 Å². The third-order valence-electron chi connectivity index (χ3n) is 2.92. The zero-order valence-corrected chi connectivity index (χ0v) is 11.3. The van der Waals surface area contributed by atoms with Crippen LogP contribution in [0, 0.1) is 12.7 Å². The van der Waals surface area contributed by atoms with Gasteiger partial charge in [-0.15, -0.1) is 11.3 Å². The average Bonchev–Trinajstić information content (AvgIpc) is 2.77. The molecule has 18 heavy (non-hydrogen) atoms. The van der Waals surface area contributed by atoms with Gasteiger partial charge in [0, 0.05) is 22.2 Å². The molecule has 0 bridgehead atoms. The van der Waals surface area contributed by atoms with E-state index < -0.39 is 0 Å². The standard InChI is InChI=1S/C14H16FNOS/c1-9-3-6-14(18-9)11(8-16)10-4-5-13(17-2)12(15)7-10/h3-7,11H,8,16H2,1-2H3. The van der Waals surface area contributed by atoms with E-state index in [2.05, 4.69) is 19.1 Å². The zero-order chi connectivity index (χ0) is 13.1. The summed E-state index contributed by atoms with van der Waals surface area (Å²) in [6.07, 6.45) is 0. The Kier molecular flexibility index (Phi) is 3.99. The van der Waals surface area contributed by atoms with Gasteiger partial charge in [-0.25, -0.2) is 4.39 Å². The Bertz CT molecular complexity index is 538. The van der Waals surface area contributed by atoms with Gasteiger partial charge in [-0.3, -0.25) is 0 Å². The Hall–Kier alpha value is -1.39. The number of rotatable bonds is 4. The second kappa shape index (κ2) is 5.50. The second-order valence-corrected chi connectivity index (χ2v) is 5.45. The van der Waals surface area contributed by atoms with Gasteiger partial charge in [-0.1, -0.05) is 6.07 Å². The minimum atomic E-state index is -0.346. The number of hydrogen-bond acceptors (Lipinski definition) is 3. The van der Waals surface area contributed by atoms with Crippen molar-refractivity contribution >= 4 is 11.3 Å². The van der Waals surface area contributed by atoms with Crippen LogP contribution in [0.4, 0.5) is 4.39 Å². The molecule has 1 aromatic heterocycles. The third-order valence-corrected chi connectivity index (χ3v) is 4.03. The molecule has 0 aliphatic rings. The normalized spacial score (nSPS) is 12.4. The van der Waals surface area contributed by atoms with Crippen molar-refractivity contribution in [2.75, 3.05) is 13.7 Å². The molecule has 0 amide bonds. The third kappa shape index (κ3) is 2.54. The maximum Gasteiger partial charge on any atom is 0.165 e. The van der Waals surface area contributed by atoms with E-state index >= 15 is 0 Å². The van der Waals surface area contributed by atoms with Crippen LogP contribution in [0.2, 0.25) is 0 Å². The number of thiophene rings is 1. The van der Waals surface area contributed by atoms with Crippen LogP contribution in [0.15, 0.2) is 30.3 Å². The monoisotopic (exact) mass is 265 g/mol. The molecule has 0 fully saturated rings. The molecule has 0 aliphatic carbocycles. The van der Waals surface area contributed by atoms with E-state index in [1.54, 1.807) is 17.4 Å². The maximum atomic E-state index is 13.7. The first-order valence-corrected chi connectivity index (χ1v) is 6.57. The van der Waals surface area contributed by atoms with Crippen LogP contribution in [-0.4, -0.2) is 13.7 Å². The van der Waals surface area contributed by atoms with Gasteiger partial charge in [0.05, 0.1) is 7.11 Å². The minimum Gasteiger partial charge on any atom is -0.494 e. The van der Waals surface area contributed by atoms with Crippen molar-refractivity contribution in [3.8, 4) is 5.75 Å². The number of ether oxygens (including phenoxy) is 1. The fraction of sp³-hybridized carbons (Fsp3) is 0.286. The lowest BCUT2D eigenvalue weighted by Crippen LogP contribution is -2.13. The highest BCUT2D eigenvalue weighted by molar-refractivity contribution is 7.12. The van der Waals surface area contributed by atoms with Crippen LogP contribution in [0.25, 0.3) is 0 Å². The van der Waals surface area contributed by atoms with Gasteiger partial charge in [0.25, 0.3) is 0 Å². The summed E-state index contributed by atoms with van der Waals surface area (Å²) in [6, 6.07) is 9.13. The summed E-state index contributed by atoms with van der Waals surface area (Å²) in [7, 11) is 1.46. The summed E-state index contributed by atoms with van der Waals surface area (Å²) in [5.41, 5.74) is 6.71. The molecule has 2 rings (SSSR count). The van der Waals surface area contributed by atoms with E-state index in [0.29, 0.717) is 6.54 Å². The SMILES string of the molecule is COc1ccc(C(CN)c2ccc(C)s2)cc1F. The molecule has 0 spiro atoms. The van der Waals surface area contributed by atoms with E-state index in [9.17, 15) is 4.39 Å². The van der Waals surface area contributed by atoms with Gasteiger partial charge in [0.2, 0.25) is 0 Å². The van der Waals surface area contributed by atoms with Crippen LogP contribution < -0.4 is 10.5 Å². The van der Waals surface area contributed by atoms with E-state index in [1.165, 1.54) is 22.9 Å². The quantitative estimate of drug-likeness (QED) is 0.920. The lowest BCUT2D eigenvalue weighted by atomic mass is 9.97. The molecule has 96 valence electrons. The van der Waals surface area contributed by atoms with Crippen LogP contribution in [0.5, 0.6) is 5.75 Å². The molecule has 2 N–H and O–H groups in total. The van der Waals surface area contributed by atoms with Crippen molar-refractivity contribution in [3.63, 3.8) is 0 Å². The topological polar surface area (TPSA) is 35.2 Å². The largest absolute Gasteiger partial charge is 0.494 e. The van der Waals surface area contributed by atoms with Gasteiger partial charge in [0.1, 0.15) is 0 Å². The highest BCUT2D eigenvalue weighted by atomic mass is 32.1. The van der Waals surface area contributed by atoms with E-state index in [0.717, 1.165) is 5.56 Å². The van der Waals surface area contributed by atoms with Crippen LogP contribution in [0.1, 0.15) is 21.2 Å². The molecule has 1 aromatic carbocycles. The zero-order valence-electron chi connectivity index (χ0n) is 10.4. The summed E-state index contributed by atoms with van der Waals surface area (Å²) in [5.74, 6) is -0.0392. The van der Waals surface area contributed by atoms with Crippen molar-refractivity contribution in [3.05, 3.63) is 51.5 Å². The number of halogens is 1. The van der Waals surface area contributed by atoms with Gasteiger partial charge in [-0.2, -0.15) is 0 Å². The molecule has 0 saturated heterocycles. The molecule has 2 nitrogen and oxygen atoms in total. The van der Waals surface area contributed by atoms with E-state index in [4.69, 9.17) is 10.5 Å². The van der Waals surface area contributed by atoms with Gasteiger partial charge < -0.3 is 10.5 Å². The van der Waals surface area contributed by atoms with Crippen LogP contribution in [-0.2, 0) is 0 Å². The molecule has 0 aliphatic heterocycles. The Labute approximate surface area is 110 Å². The molecule has 1 unspecified atom stereocenters. The molecule has 0 radical (unpaired) electrons. The Morgan fingerprint density at radius 1 is 1.33 bits per heavy atom. The summed E-state index contributed by atoms with van der Waals surface area (Å²) in [5, 5.41) is 0. The highest BCUT2D eigenvalue weighted by Gasteiger charge is 2.16. The first-order valence-electron chi connectivity index (χ1n) is 5.75.